The maximum atomic E-state index is 15.1. The summed E-state index contributed by atoms with van der Waals surface area (Å²) >= 11 is 1.22. The summed E-state index contributed by atoms with van der Waals surface area (Å²) in [7, 11) is 0. The van der Waals surface area contributed by atoms with Crippen LogP contribution in [-0.4, -0.2) is 67.7 Å². The van der Waals surface area contributed by atoms with Crippen molar-refractivity contribution in [1.29, 1.82) is 0 Å². The van der Waals surface area contributed by atoms with Crippen LogP contribution in [0.5, 0.6) is 0 Å². The molecule has 3 heterocycles. The van der Waals surface area contributed by atoms with E-state index in [2.05, 4.69) is 0 Å². The maximum Gasteiger partial charge on any atom is 0.408 e. The van der Waals surface area contributed by atoms with Gasteiger partial charge in [-0.25, -0.2) is 8.78 Å². The van der Waals surface area contributed by atoms with E-state index < -0.39 is 66.6 Å². The predicted molar refractivity (Wildman–Crippen MR) is 126 cm³/mol. The van der Waals surface area contributed by atoms with Crippen LogP contribution in [0.4, 0.5) is 22.0 Å². The number of amides is 1. The Morgan fingerprint density at radius 2 is 1.84 bits per heavy atom. The minimum absolute atomic E-state index is 0.00155. The van der Waals surface area contributed by atoms with Gasteiger partial charge in [0.05, 0.1) is 19.3 Å². The van der Waals surface area contributed by atoms with Crippen LogP contribution >= 0.6 is 11.8 Å². The predicted octanol–water partition coefficient (Wildman–Crippen LogP) is 3.95. The zero-order valence-electron chi connectivity index (χ0n) is 19.8. The number of alkyl halides is 3. The Balaban J connectivity index is 1.77. The summed E-state index contributed by atoms with van der Waals surface area (Å²) < 4.78 is 70.8. The molecule has 2 aromatic carbocycles. The number of fused-ring (bicyclic) bond motifs is 3. The van der Waals surface area contributed by atoms with Gasteiger partial charge in [-0.05, 0) is 30.2 Å². The van der Waals surface area contributed by atoms with Crippen molar-refractivity contribution in [2.45, 2.75) is 41.9 Å². The lowest BCUT2D eigenvalue weighted by Crippen LogP contribution is -2.63. The van der Waals surface area contributed by atoms with Crippen LogP contribution in [0, 0.1) is 11.6 Å². The highest BCUT2D eigenvalue weighted by Gasteiger charge is 2.51. The molecule has 3 aliphatic rings. The lowest BCUT2D eigenvalue weighted by molar-refractivity contribution is -0.204. The van der Waals surface area contributed by atoms with Crippen molar-refractivity contribution in [3.8, 4) is 0 Å². The number of nitrogens with zero attached hydrogens (tertiary/aromatic N) is 3. The fourth-order valence-electron chi connectivity index (χ4n) is 4.84. The standard InChI is InChI=1S/C25H22F5N3O4S/c1-12(25(28,29)30)31-11-33(32-8-13(9-34)22(35)23(36)21(32)24(31)37)20-14-6-7-17(26)19(27)16(14)10-38-18-5-3-2-4-15(18)20/h2-8,12,20,22,34-36H,9-11H2,1H3/t12-,20+,22?/m1/s1. The third-order valence-corrected chi connectivity index (χ3v) is 8.06. The Bertz CT molecular complexity index is 1360. The minimum atomic E-state index is -4.83. The summed E-state index contributed by atoms with van der Waals surface area (Å²) in [5.41, 5.74) is 0.0275. The molecule has 38 heavy (non-hydrogen) atoms. The quantitative estimate of drug-likeness (QED) is 0.495. The Hall–Kier alpha value is -3.13. The van der Waals surface area contributed by atoms with Crippen molar-refractivity contribution in [2.75, 3.05) is 13.3 Å². The number of hydrogen-bond donors (Lipinski definition) is 3. The minimum Gasteiger partial charge on any atom is -0.507 e. The third-order valence-electron chi connectivity index (χ3n) is 6.94. The van der Waals surface area contributed by atoms with E-state index in [0.717, 1.165) is 24.2 Å². The van der Waals surface area contributed by atoms with E-state index in [1.54, 1.807) is 24.3 Å². The van der Waals surface area contributed by atoms with Crippen molar-refractivity contribution in [2.24, 2.45) is 0 Å². The molecule has 0 spiro atoms. The molecular weight excluding hydrogens is 533 g/mol. The Morgan fingerprint density at radius 3 is 2.53 bits per heavy atom. The van der Waals surface area contributed by atoms with Gasteiger partial charge in [0.2, 0.25) is 0 Å². The van der Waals surface area contributed by atoms with Gasteiger partial charge in [-0.15, -0.1) is 11.8 Å². The molecular formula is C25H22F5N3O4S. The van der Waals surface area contributed by atoms with Gasteiger partial charge in [0, 0.05) is 28.0 Å². The molecule has 0 saturated carbocycles. The van der Waals surface area contributed by atoms with E-state index in [9.17, 15) is 37.7 Å². The molecule has 5 rings (SSSR count). The number of rotatable bonds is 3. The fourth-order valence-corrected chi connectivity index (χ4v) is 5.96. The molecule has 1 unspecified atom stereocenters. The van der Waals surface area contributed by atoms with Gasteiger partial charge in [-0.1, -0.05) is 24.3 Å². The zero-order chi connectivity index (χ0) is 27.5. The van der Waals surface area contributed by atoms with Crippen LogP contribution in [-0.2, 0) is 10.5 Å². The van der Waals surface area contributed by atoms with Crippen LogP contribution in [0.1, 0.15) is 29.7 Å². The van der Waals surface area contributed by atoms with E-state index in [4.69, 9.17) is 0 Å². The van der Waals surface area contributed by atoms with Gasteiger partial charge in [-0.3, -0.25) is 9.80 Å². The molecule has 0 bridgehead atoms. The first-order valence-electron chi connectivity index (χ1n) is 11.5. The molecule has 13 heteroatoms. The molecule has 7 nitrogen and oxygen atoms in total. The lowest BCUT2D eigenvalue weighted by Gasteiger charge is -2.50. The van der Waals surface area contributed by atoms with Crippen LogP contribution in [0.25, 0.3) is 0 Å². The van der Waals surface area contributed by atoms with Crippen LogP contribution in [0.3, 0.4) is 0 Å². The van der Waals surface area contributed by atoms with Crippen molar-refractivity contribution in [1.82, 2.24) is 14.9 Å². The summed E-state index contributed by atoms with van der Waals surface area (Å²) in [6.45, 7) is -0.603. The second-order valence-electron chi connectivity index (χ2n) is 9.07. The molecule has 3 N–H and O–H groups in total. The number of hydrogen-bond acceptors (Lipinski definition) is 7. The summed E-state index contributed by atoms with van der Waals surface area (Å²) in [5, 5.41) is 33.3. The average Bonchev–Trinajstić information content (AvgIpc) is 3.04. The molecule has 2 aromatic rings. The lowest BCUT2D eigenvalue weighted by atomic mass is 9.93. The van der Waals surface area contributed by atoms with E-state index in [1.165, 1.54) is 22.8 Å². The second-order valence-corrected chi connectivity index (χ2v) is 10.1. The first kappa shape index (κ1) is 26.5. The number of thioether (sulfide) groups is 1. The molecule has 1 amide bonds. The van der Waals surface area contributed by atoms with E-state index >= 15 is 4.39 Å². The highest BCUT2D eigenvalue weighted by Crippen LogP contribution is 2.46. The average molecular weight is 556 g/mol. The van der Waals surface area contributed by atoms with E-state index in [-0.39, 0.29) is 22.5 Å². The van der Waals surface area contributed by atoms with Crippen molar-refractivity contribution in [3.63, 3.8) is 0 Å². The Kier molecular flexibility index (Phi) is 6.66. The molecule has 202 valence electrons. The van der Waals surface area contributed by atoms with Crippen LogP contribution in [0.15, 0.2) is 64.5 Å². The summed E-state index contributed by atoms with van der Waals surface area (Å²) in [5.74, 6) is -4.28. The first-order chi connectivity index (χ1) is 18.0. The summed E-state index contributed by atoms with van der Waals surface area (Å²) in [6, 6.07) is 5.77. The molecule has 0 aromatic heterocycles. The first-order valence-corrected chi connectivity index (χ1v) is 12.5. The molecule has 1 saturated heterocycles. The van der Waals surface area contributed by atoms with Gasteiger partial charge in [0.25, 0.3) is 5.91 Å². The number of carbonyl (C=O) groups excluding carboxylic acids is 1. The monoisotopic (exact) mass is 555 g/mol. The number of benzene rings is 2. The Labute approximate surface area is 218 Å². The third kappa shape index (κ3) is 4.13. The van der Waals surface area contributed by atoms with Gasteiger partial charge < -0.3 is 20.2 Å². The Morgan fingerprint density at radius 1 is 1.13 bits per heavy atom. The van der Waals surface area contributed by atoms with Gasteiger partial charge in [-0.2, -0.15) is 18.2 Å². The van der Waals surface area contributed by atoms with Crippen molar-refractivity contribution in [3.05, 3.63) is 88.0 Å². The highest BCUT2D eigenvalue weighted by molar-refractivity contribution is 7.98. The van der Waals surface area contributed by atoms with Crippen LogP contribution in [0.2, 0.25) is 0 Å². The maximum absolute atomic E-state index is 15.1. The fraction of sp³-hybridized carbons (Fsp3) is 0.320. The zero-order valence-corrected chi connectivity index (χ0v) is 20.6. The molecule has 3 aliphatic heterocycles. The van der Waals surface area contributed by atoms with Crippen LogP contribution < -0.4 is 0 Å². The number of halogens is 5. The number of aliphatic hydroxyl groups excluding tert-OH is 3. The SMILES string of the molecule is C[C@@H](N1CN([C@@H]2c3ccccc3SCc3c2ccc(F)c3F)N2C=C(CO)C(O)C(O)=C2C1=O)C(F)(F)F. The number of carbonyl (C=O) groups is 1. The van der Waals surface area contributed by atoms with E-state index in [1.807, 2.05) is 0 Å². The topological polar surface area (TPSA) is 87.5 Å². The van der Waals surface area contributed by atoms with Gasteiger partial charge >= 0.3 is 6.18 Å². The molecule has 0 radical (unpaired) electrons. The highest BCUT2D eigenvalue weighted by atomic mass is 32.2. The molecule has 1 fully saturated rings. The largest absolute Gasteiger partial charge is 0.507 e. The summed E-state index contributed by atoms with van der Waals surface area (Å²) in [6.07, 6.45) is -5.49. The van der Waals surface area contributed by atoms with Crippen molar-refractivity contribution < 1.29 is 42.1 Å². The van der Waals surface area contributed by atoms with Gasteiger partial charge in [0.1, 0.15) is 12.1 Å². The normalized spacial score (nSPS) is 22.9. The van der Waals surface area contributed by atoms with E-state index in [0.29, 0.717) is 15.4 Å². The van der Waals surface area contributed by atoms with Crippen molar-refractivity contribution >= 4 is 17.7 Å². The van der Waals surface area contributed by atoms with Gasteiger partial charge in [0.15, 0.2) is 23.1 Å². The summed E-state index contributed by atoms with van der Waals surface area (Å²) in [4.78, 5) is 14.5. The molecule has 0 aliphatic carbocycles. The molecule has 3 atom stereocenters. The smallest absolute Gasteiger partial charge is 0.408 e. The second kappa shape index (κ2) is 9.56. The number of aliphatic hydroxyl groups is 3. The number of hydrazine groups is 1.